The van der Waals surface area contributed by atoms with Crippen molar-refractivity contribution in [3.63, 3.8) is 0 Å². The zero-order valence-electron chi connectivity index (χ0n) is 16.8. The molecule has 0 N–H and O–H groups in total. The number of esters is 1. The Labute approximate surface area is 173 Å². The van der Waals surface area contributed by atoms with E-state index in [2.05, 4.69) is 15.5 Å². The van der Waals surface area contributed by atoms with Crippen LogP contribution in [0.5, 0.6) is 5.75 Å². The van der Waals surface area contributed by atoms with Gasteiger partial charge in [0.2, 0.25) is 11.1 Å². The number of carbonyl (C=O) groups excluding carboxylic acids is 2. The fourth-order valence-electron chi connectivity index (χ4n) is 3.27. The van der Waals surface area contributed by atoms with E-state index in [4.69, 9.17) is 9.47 Å². The van der Waals surface area contributed by atoms with E-state index >= 15 is 0 Å². The number of thioether (sulfide) groups is 1. The number of para-hydroxylation sites is 2. The van der Waals surface area contributed by atoms with Crippen LogP contribution in [0.3, 0.4) is 0 Å². The van der Waals surface area contributed by atoms with Crippen LogP contribution in [0.2, 0.25) is 0 Å². The molecule has 0 aliphatic carbocycles. The normalized spacial score (nSPS) is 15.8. The topological polar surface area (TPSA) is 99.4 Å². The predicted octanol–water partition coefficient (Wildman–Crippen LogP) is 1.95. The smallest absolute Gasteiger partial charge is 0.309 e. The number of ether oxygens (including phenoxy) is 2. The molecule has 0 bridgehead atoms. The minimum absolute atomic E-state index is 0.00638. The zero-order valence-corrected chi connectivity index (χ0v) is 17.6. The van der Waals surface area contributed by atoms with Crippen LogP contribution < -0.4 is 4.74 Å². The van der Waals surface area contributed by atoms with Crippen molar-refractivity contribution in [2.45, 2.75) is 37.1 Å². The first-order valence-electron chi connectivity index (χ1n) is 9.59. The first kappa shape index (κ1) is 21.1. The van der Waals surface area contributed by atoms with Crippen molar-refractivity contribution in [2.24, 2.45) is 5.92 Å². The molecule has 1 aromatic heterocycles. The molecule has 1 saturated heterocycles. The maximum absolute atomic E-state index is 12.9. The van der Waals surface area contributed by atoms with Crippen molar-refractivity contribution in [1.82, 2.24) is 25.1 Å². The molecule has 3 rings (SSSR count). The van der Waals surface area contributed by atoms with E-state index < -0.39 is 0 Å². The van der Waals surface area contributed by atoms with Crippen LogP contribution in [0, 0.1) is 5.92 Å². The van der Waals surface area contributed by atoms with Gasteiger partial charge in [-0.1, -0.05) is 23.9 Å². The van der Waals surface area contributed by atoms with Crippen molar-refractivity contribution < 1.29 is 19.1 Å². The van der Waals surface area contributed by atoms with Gasteiger partial charge < -0.3 is 14.4 Å². The molecule has 29 heavy (non-hydrogen) atoms. The van der Waals surface area contributed by atoms with Gasteiger partial charge in [-0.3, -0.25) is 9.59 Å². The Bertz CT molecular complexity index is 851. The van der Waals surface area contributed by atoms with Crippen molar-refractivity contribution in [3.8, 4) is 11.4 Å². The highest BCUT2D eigenvalue weighted by Gasteiger charge is 2.31. The Kier molecular flexibility index (Phi) is 7.08. The lowest BCUT2D eigenvalue weighted by molar-refractivity contribution is -0.151. The molecule has 0 spiro atoms. The quantitative estimate of drug-likeness (QED) is 0.496. The van der Waals surface area contributed by atoms with E-state index in [1.165, 1.54) is 11.8 Å². The molecule has 1 amide bonds. The molecule has 1 fully saturated rings. The predicted molar refractivity (Wildman–Crippen MR) is 107 cm³/mol. The number of amides is 1. The highest BCUT2D eigenvalue weighted by atomic mass is 32.2. The first-order chi connectivity index (χ1) is 14.0. The average Bonchev–Trinajstić information content (AvgIpc) is 3.21. The molecule has 10 heteroatoms. The molecular weight excluding hydrogens is 394 g/mol. The van der Waals surface area contributed by atoms with Gasteiger partial charge in [0.15, 0.2) is 0 Å². The van der Waals surface area contributed by atoms with E-state index in [0.717, 1.165) is 0 Å². The minimum atomic E-state index is -0.367. The Morgan fingerprint density at radius 2 is 2.00 bits per heavy atom. The summed E-state index contributed by atoms with van der Waals surface area (Å²) in [4.78, 5) is 26.6. The lowest BCUT2D eigenvalue weighted by Crippen LogP contribution is -2.43. The molecule has 1 aliphatic rings. The van der Waals surface area contributed by atoms with Crippen LogP contribution in [0.1, 0.15) is 26.7 Å². The summed E-state index contributed by atoms with van der Waals surface area (Å²) in [7, 11) is 1.59. The second kappa shape index (κ2) is 9.73. The number of nitrogens with zero attached hydrogens (tertiary/aromatic N) is 5. The van der Waals surface area contributed by atoms with Crippen molar-refractivity contribution in [2.75, 3.05) is 26.8 Å². The van der Waals surface area contributed by atoms with Crippen LogP contribution in [0.4, 0.5) is 0 Å². The van der Waals surface area contributed by atoms with E-state index in [1.807, 2.05) is 31.2 Å². The molecule has 9 nitrogen and oxygen atoms in total. The summed E-state index contributed by atoms with van der Waals surface area (Å²) in [5.74, 6) is 0.353. The van der Waals surface area contributed by atoms with E-state index in [9.17, 15) is 9.59 Å². The Morgan fingerprint density at radius 3 is 2.69 bits per heavy atom. The van der Waals surface area contributed by atoms with Crippen LogP contribution in [0.15, 0.2) is 29.4 Å². The third kappa shape index (κ3) is 4.87. The van der Waals surface area contributed by atoms with Crippen molar-refractivity contribution in [3.05, 3.63) is 24.3 Å². The highest BCUT2D eigenvalue weighted by molar-refractivity contribution is 8.00. The van der Waals surface area contributed by atoms with Gasteiger partial charge in [-0.25, -0.2) is 0 Å². The van der Waals surface area contributed by atoms with E-state index in [-0.39, 0.29) is 23.0 Å². The SMILES string of the molecule is CCOC(=O)C1CCN(C(=O)C(C)Sc2nnnn2-c2ccccc2OC)CC1. The molecule has 2 heterocycles. The maximum atomic E-state index is 12.9. The molecule has 156 valence electrons. The molecule has 1 atom stereocenters. The number of piperidine rings is 1. The summed E-state index contributed by atoms with van der Waals surface area (Å²) >= 11 is 1.30. The fraction of sp³-hybridized carbons (Fsp3) is 0.526. The number of likely N-dealkylation sites (tertiary alicyclic amines) is 1. The third-order valence-corrected chi connectivity index (χ3v) is 5.83. The Morgan fingerprint density at radius 1 is 1.28 bits per heavy atom. The van der Waals surface area contributed by atoms with E-state index in [1.54, 1.807) is 23.6 Å². The van der Waals surface area contributed by atoms with Crippen molar-refractivity contribution >= 4 is 23.6 Å². The molecule has 0 radical (unpaired) electrons. The fourth-order valence-corrected chi connectivity index (χ4v) is 4.15. The summed E-state index contributed by atoms with van der Waals surface area (Å²) in [6, 6.07) is 7.42. The molecule has 1 aromatic carbocycles. The van der Waals surface area contributed by atoms with Crippen LogP contribution in [-0.4, -0.2) is 69.0 Å². The number of hydrogen-bond donors (Lipinski definition) is 0. The molecular formula is C19H25N5O4S. The zero-order chi connectivity index (χ0) is 20.8. The van der Waals surface area contributed by atoms with Crippen LogP contribution in [0.25, 0.3) is 5.69 Å². The Hall–Kier alpha value is -2.62. The number of methoxy groups -OCH3 is 1. The summed E-state index contributed by atoms with van der Waals surface area (Å²) in [5, 5.41) is 12.0. The van der Waals surface area contributed by atoms with Crippen molar-refractivity contribution in [1.29, 1.82) is 0 Å². The number of hydrogen-bond acceptors (Lipinski definition) is 8. The van der Waals surface area contributed by atoms with E-state index in [0.29, 0.717) is 49.1 Å². The Balaban J connectivity index is 1.63. The third-order valence-electron chi connectivity index (χ3n) is 4.81. The molecule has 0 saturated carbocycles. The van der Waals surface area contributed by atoms with Gasteiger partial charge in [0, 0.05) is 13.1 Å². The second-order valence-corrected chi connectivity index (χ2v) is 7.96. The number of carbonyl (C=O) groups is 2. The largest absolute Gasteiger partial charge is 0.494 e. The first-order valence-corrected chi connectivity index (χ1v) is 10.5. The van der Waals surface area contributed by atoms with Crippen LogP contribution in [-0.2, 0) is 14.3 Å². The van der Waals surface area contributed by atoms with Gasteiger partial charge in [-0.2, -0.15) is 4.68 Å². The average molecular weight is 420 g/mol. The van der Waals surface area contributed by atoms with Crippen LogP contribution >= 0.6 is 11.8 Å². The molecule has 1 unspecified atom stereocenters. The van der Waals surface area contributed by atoms with Gasteiger partial charge in [-0.05, 0) is 49.2 Å². The van der Waals surface area contributed by atoms with Gasteiger partial charge in [0.1, 0.15) is 11.4 Å². The summed E-state index contributed by atoms with van der Waals surface area (Å²) in [6.07, 6.45) is 1.25. The van der Waals surface area contributed by atoms with Gasteiger partial charge in [0.25, 0.3) is 0 Å². The summed E-state index contributed by atoms with van der Waals surface area (Å²) in [5.41, 5.74) is 0.706. The highest BCUT2D eigenvalue weighted by Crippen LogP contribution is 2.29. The molecule has 1 aliphatic heterocycles. The summed E-state index contributed by atoms with van der Waals surface area (Å²) in [6.45, 7) is 5.11. The molecule has 2 aromatic rings. The monoisotopic (exact) mass is 419 g/mol. The minimum Gasteiger partial charge on any atom is -0.494 e. The number of aromatic nitrogens is 4. The summed E-state index contributed by atoms with van der Waals surface area (Å²) < 4.78 is 12.0. The van der Waals surface area contributed by atoms with Gasteiger partial charge in [0.05, 0.1) is 24.9 Å². The lowest BCUT2D eigenvalue weighted by atomic mass is 9.97. The number of benzene rings is 1. The van der Waals surface area contributed by atoms with Gasteiger partial charge >= 0.3 is 5.97 Å². The standard InChI is InChI=1S/C19H25N5O4S/c1-4-28-18(26)14-9-11-23(12-10-14)17(25)13(2)29-19-20-21-22-24(19)15-7-5-6-8-16(15)27-3/h5-8,13-14H,4,9-12H2,1-3H3. The number of rotatable bonds is 7. The number of tetrazole rings is 1. The second-order valence-electron chi connectivity index (χ2n) is 6.66. The maximum Gasteiger partial charge on any atom is 0.309 e. The lowest BCUT2D eigenvalue weighted by Gasteiger charge is -2.32. The van der Waals surface area contributed by atoms with Gasteiger partial charge in [-0.15, -0.1) is 5.10 Å².